The number of sulfonamides is 1. The Labute approximate surface area is 133 Å². The van der Waals surface area contributed by atoms with E-state index in [2.05, 4.69) is 0 Å². The van der Waals surface area contributed by atoms with Crippen molar-refractivity contribution in [2.75, 3.05) is 23.8 Å². The van der Waals surface area contributed by atoms with E-state index in [1.54, 1.807) is 4.31 Å². The minimum atomic E-state index is -3.23. The van der Waals surface area contributed by atoms with Crippen molar-refractivity contribution in [3.8, 4) is 0 Å². The number of thioether (sulfide) groups is 1. The molecule has 0 aromatic heterocycles. The van der Waals surface area contributed by atoms with Crippen LogP contribution in [0, 0.1) is 5.92 Å². The Balaban J connectivity index is 2.65. The summed E-state index contributed by atoms with van der Waals surface area (Å²) in [5.74, 6) is 0.967. The van der Waals surface area contributed by atoms with Gasteiger partial charge in [-0.2, -0.15) is 4.31 Å². The Hall–Kier alpha value is -0.720. The zero-order chi connectivity index (χ0) is 16.0. The lowest BCUT2D eigenvalue weighted by molar-refractivity contribution is 0.319. The van der Waals surface area contributed by atoms with Crippen LogP contribution in [-0.2, 0) is 10.0 Å². The number of nitrogens with two attached hydrogens (primary N) is 1. The highest BCUT2D eigenvalue weighted by Gasteiger charge is 2.25. The molecule has 0 unspecified atom stereocenters. The smallest absolute Gasteiger partial charge is 0.215 e. The van der Waals surface area contributed by atoms with Crippen molar-refractivity contribution in [2.24, 2.45) is 5.92 Å². The largest absolute Gasteiger partial charge is 0.398 e. The summed E-state index contributed by atoms with van der Waals surface area (Å²) < 4.78 is 26.5. The van der Waals surface area contributed by atoms with Crippen LogP contribution in [-0.4, -0.2) is 36.8 Å². The number of nitrogen functional groups attached to an aromatic ring is 1. The first kappa shape index (κ1) is 18.3. The summed E-state index contributed by atoms with van der Waals surface area (Å²) in [4.78, 5) is 0.938. The predicted octanol–water partition coefficient (Wildman–Crippen LogP) is 3.06. The van der Waals surface area contributed by atoms with Crippen molar-refractivity contribution in [1.82, 2.24) is 4.31 Å². The predicted molar refractivity (Wildman–Crippen MR) is 92.0 cm³/mol. The SMILES string of the molecule is CC(C)CN(C(C)C)S(=O)(=O)CCSc1ccccc1N. The van der Waals surface area contributed by atoms with Gasteiger partial charge in [-0.05, 0) is 31.9 Å². The third-order valence-electron chi connectivity index (χ3n) is 3.00. The Morgan fingerprint density at radius 2 is 1.81 bits per heavy atom. The molecule has 0 amide bonds. The molecule has 4 nitrogen and oxygen atoms in total. The fourth-order valence-electron chi connectivity index (χ4n) is 1.99. The number of hydrogen-bond donors (Lipinski definition) is 1. The second kappa shape index (κ2) is 8.06. The lowest BCUT2D eigenvalue weighted by Gasteiger charge is -2.27. The first-order chi connectivity index (χ1) is 9.74. The summed E-state index contributed by atoms with van der Waals surface area (Å²) in [5, 5.41) is 0. The van der Waals surface area contributed by atoms with Crippen molar-refractivity contribution in [2.45, 2.75) is 38.6 Å². The molecule has 1 aromatic rings. The number of anilines is 1. The highest BCUT2D eigenvalue weighted by Crippen LogP contribution is 2.25. The number of hydrogen-bond acceptors (Lipinski definition) is 4. The number of nitrogens with zero attached hydrogens (tertiary/aromatic N) is 1. The van der Waals surface area contributed by atoms with Crippen LogP contribution in [0.25, 0.3) is 0 Å². The lowest BCUT2D eigenvalue weighted by atomic mass is 10.2. The number of para-hydroxylation sites is 1. The normalized spacial score (nSPS) is 12.5. The van der Waals surface area contributed by atoms with Gasteiger partial charge in [0.25, 0.3) is 0 Å². The highest BCUT2D eigenvalue weighted by molar-refractivity contribution is 8.00. The summed E-state index contributed by atoms with van der Waals surface area (Å²) in [6.45, 7) is 8.47. The van der Waals surface area contributed by atoms with Gasteiger partial charge in [-0.1, -0.05) is 26.0 Å². The Kier molecular flexibility index (Phi) is 7.03. The van der Waals surface area contributed by atoms with Gasteiger partial charge in [0.1, 0.15) is 0 Å². The summed E-state index contributed by atoms with van der Waals surface area (Å²) in [6, 6.07) is 7.52. The molecular formula is C15H26N2O2S2. The average Bonchev–Trinajstić information content (AvgIpc) is 2.37. The molecular weight excluding hydrogens is 304 g/mol. The van der Waals surface area contributed by atoms with E-state index in [4.69, 9.17) is 5.73 Å². The molecule has 0 aliphatic carbocycles. The third kappa shape index (κ3) is 5.88. The molecule has 0 heterocycles. The molecule has 0 saturated carbocycles. The van der Waals surface area contributed by atoms with Gasteiger partial charge in [-0.3, -0.25) is 0 Å². The van der Waals surface area contributed by atoms with Gasteiger partial charge >= 0.3 is 0 Å². The molecule has 1 rings (SSSR count). The summed E-state index contributed by atoms with van der Waals surface area (Å²) in [7, 11) is -3.23. The van der Waals surface area contributed by atoms with Crippen LogP contribution in [0.5, 0.6) is 0 Å². The van der Waals surface area contributed by atoms with Crippen molar-refractivity contribution in [3.63, 3.8) is 0 Å². The van der Waals surface area contributed by atoms with Gasteiger partial charge in [0.05, 0.1) is 5.75 Å². The molecule has 0 aliphatic heterocycles. The maximum absolute atomic E-state index is 12.5. The van der Waals surface area contributed by atoms with E-state index in [-0.39, 0.29) is 11.8 Å². The van der Waals surface area contributed by atoms with E-state index in [0.717, 1.165) is 4.90 Å². The molecule has 0 saturated heterocycles. The standard InChI is InChI=1S/C15H26N2O2S2/c1-12(2)11-17(13(3)4)21(18,19)10-9-20-15-8-6-5-7-14(15)16/h5-8,12-13H,9-11,16H2,1-4H3. The monoisotopic (exact) mass is 330 g/mol. The first-order valence-corrected chi connectivity index (χ1v) is 9.80. The zero-order valence-corrected chi connectivity index (χ0v) is 14.9. The molecule has 0 radical (unpaired) electrons. The van der Waals surface area contributed by atoms with E-state index in [0.29, 0.717) is 23.9 Å². The van der Waals surface area contributed by atoms with Gasteiger partial charge in [-0.15, -0.1) is 11.8 Å². The Morgan fingerprint density at radius 1 is 1.19 bits per heavy atom. The molecule has 2 N–H and O–H groups in total. The molecule has 0 bridgehead atoms. The molecule has 0 atom stereocenters. The van der Waals surface area contributed by atoms with Crippen molar-refractivity contribution < 1.29 is 8.42 Å². The third-order valence-corrected chi connectivity index (χ3v) is 6.35. The minimum Gasteiger partial charge on any atom is -0.398 e. The van der Waals surface area contributed by atoms with Gasteiger partial charge in [-0.25, -0.2) is 8.42 Å². The fourth-order valence-corrected chi connectivity index (χ4v) is 5.20. The van der Waals surface area contributed by atoms with Crippen LogP contribution in [0.2, 0.25) is 0 Å². The molecule has 0 fully saturated rings. The second-order valence-corrected chi connectivity index (χ2v) is 8.94. The van der Waals surface area contributed by atoms with Gasteiger partial charge in [0.15, 0.2) is 0 Å². The maximum Gasteiger partial charge on any atom is 0.215 e. The molecule has 120 valence electrons. The van der Waals surface area contributed by atoms with Crippen molar-refractivity contribution in [3.05, 3.63) is 24.3 Å². The van der Waals surface area contributed by atoms with E-state index in [1.807, 2.05) is 52.0 Å². The Morgan fingerprint density at radius 3 is 2.33 bits per heavy atom. The van der Waals surface area contributed by atoms with E-state index >= 15 is 0 Å². The number of benzene rings is 1. The molecule has 0 spiro atoms. The van der Waals surface area contributed by atoms with Crippen LogP contribution in [0.1, 0.15) is 27.7 Å². The first-order valence-electron chi connectivity index (χ1n) is 7.21. The van der Waals surface area contributed by atoms with Crippen LogP contribution in [0.15, 0.2) is 29.2 Å². The molecule has 21 heavy (non-hydrogen) atoms. The topological polar surface area (TPSA) is 63.4 Å². The van der Waals surface area contributed by atoms with Crippen LogP contribution < -0.4 is 5.73 Å². The van der Waals surface area contributed by atoms with E-state index in [1.165, 1.54) is 11.8 Å². The molecule has 1 aromatic carbocycles. The van der Waals surface area contributed by atoms with Gasteiger partial charge in [0.2, 0.25) is 10.0 Å². The Bertz CT molecular complexity index is 542. The lowest BCUT2D eigenvalue weighted by Crippen LogP contribution is -2.41. The minimum absolute atomic E-state index is 0.0100. The van der Waals surface area contributed by atoms with Crippen molar-refractivity contribution in [1.29, 1.82) is 0 Å². The summed E-state index contributed by atoms with van der Waals surface area (Å²) >= 11 is 1.49. The van der Waals surface area contributed by atoms with Crippen LogP contribution in [0.3, 0.4) is 0 Å². The highest BCUT2D eigenvalue weighted by atomic mass is 32.2. The fraction of sp³-hybridized carbons (Fsp3) is 0.600. The van der Waals surface area contributed by atoms with Gasteiger partial charge in [0, 0.05) is 28.9 Å². The maximum atomic E-state index is 12.5. The van der Waals surface area contributed by atoms with Gasteiger partial charge < -0.3 is 5.73 Å². The summed E-state index contributed by atoms with van der Waals surface area (Å²) in [5.41, 5.74) is 6.56. The summed E-state index contributed by atoms with van der Waals surface area (Å²) in [6.07, 6.45) is 0. The van der Waals surface area contributed by atoms with Crippen molar-refractivity contribution >= 4 is 27.5 Å². The average molecular weight is 331 g/mol. The zero-order valence-electron chi connectivity index (χ0n) is 13.2. The molecule has 6 heteroatoms. The van der Waals surface area contributed by atoms with Crippen LogP contribution in [0.4, 0.5) is 5.69 Å². The molecule has 0 aliphatic rings. The van der Waals surface area contributed by atoms with Crippen LogP contribution >= 0.6 is 11.8 Å². The number of rotatable bonds is 8. The van der Waals surface area contributed by atoms with E-state index < -0.39 is 10.0 Å². The quantitative estimate of drug-likeness (QED) is 0.588. The second-order valence-electron chi connectivity index (χ2n) is 5.76. The van der Waals surface area contributed by atoms with E-state index in [9.17, 15) is 8.42 Å².